The number of ether oxygens (including phenoxy) is 1. The predicted octanol–water partition coefficient (Wildman–Crippen LogP) is 2.55. The normalized spacial score (nSPS) is 10.6. The van der Waals surface area contributed by atoms with Crippen molar-refractivity contribution < 1.29 is 4.74 Å². The first-order valence-electron chi connectivity index (χ1n) is 5.09. The maximum absolute atomic E-state index is 12.0. The number of aryl methyl sites for hydroxylation is 1. The Bertz CT molecular complexity index is 589. The van der Waals surface area contributed by atoms with Gasteiger partial charge in [-0.05, 0) is 26.0 Å². The van der Waals surface area contributed by atoms with E-state index in [1.807, 2.05) is 32.0 Å². The van der Waals surface area contributed by atoms with Crippen LogP contribution in [0.4, 0.5) is 5.69 Å². The molecule has 1 heterocycles. The molecule has 0 saturated heterocycles. The summed E-state index contributed by atoms with van der Waals surface area (Å²) in [4.78, 5) is 12.0. The van der Waals surface area contributed by atoms with Crippen molar-refractivity contribution in [2.45, 2.75) is 13.8 Å². The van der Waals surface area contributed by atoms with Gasteiger partial charge in [-0.15, -0.1) is 0 Å². The van der Waals surface area contributed by atoms with Crippen molar-refractivity contribution in [3.63, 3.8) is 0 Å². The van der Waals surface area contributed by atoms with Gasteiger partial charge in [0, 0.05) is 10.1 Å². The van der Waals surface area contributed by atoms with Crippen LogP contribution in [0, 0.1) is 6.92 Å². The molecule has 0 aliphatic carbocycles. The van der Waals surface area contributed by atoms with Crippen LogP contribution in [-0.2, 0) is 0 Å². The first kappa shape index (κ1) is 11.0. The lowest BCUT2D eigenvalue weighted by molar-refractivity contribution is 0.351. The molecule has 84 valence electrons. The average Bonchev–Trinajstić information content (AvgIpc) is 2.27. The topological polar surface area (TPSA) is 52.3 Å². The molecule has 0 aliphatic rings. The number of hydrogen-bond acceptors (Lipinski definition) is 4. The van der Waals surface area contributed by atoms with Crippen molar-refractivity contribution in [2.24, 2.45) is 0 Å². The molecule has 0 fully saturated rings. The molecule has 0 atom stereocenters. The lowest BCUT2D eigenvalue weighted by Gasteiger charge is -2.06. The summed E-state index contributed by atoms with van der Waals surface area (Å²) in [5, 5.41) is 1.19. The molecule has 0 spiro atoms. The molecule has 3 nitrogen and oxygen atoms in total. The predicted molar refractivity (Wildman–Crippen MR) is 68.4 cm³/mol. The van der Waals surface area contributed by atoms with Crippen LogP contribution in [0.15, 0.2) is 23.0 Å². The fourth-order valence-electron chi connectivity index (χ4n) is 1.54. The molecule has 4 heteroatoms. The highest BCUT2D eigenvalue weighted by Crippen LogP contribution is 2.30. The van der Waals surface area contributed by atoms with E-state index in [9.17, 15) is 4.79 Å². The molecule has 2 aromatic rings. The van der Waals surface area contributed by atoms with E-state index in [1.165, 1.54) is 11.3 Å². The molecule has 1 aromatic heterocycles. The lowest BCUT2D eigenvalue weighted by Crippen LogP contribution is -2.10. The second kappa shape index (κ2) is 4.14. The third-order valence-electron chi connectivity index (χ3n) is 2.32. The molecule has 0 aliphatic heterocycles. The molecule has 0 amide bonds. The van der Waals surface area contributed by atoms with Crippen molar-refractivity contribution in [1.29, 1.82) is 0 Å². The Labute approximate surface area is 97.5 Å². The largest absolute Gasteiger partial charge is 0.483 e. The zero-order valence-electron chi connectivity index (χ0n) is 9.24. The van der Waals surface area contributed by atoms with Gasteiger partial charge in [0.05, 0.1) is 6.61 Å². The molecule has 2 N–H and O–H groups in total. The number of anilines is 1. The molecule has 16 heavy (non-hydrogen) atoms. The second-order valence-corrected chi connectivity index (χ2v) is 4.58. The fraction of sp³-hybridized carbons (Fsp3) is 0.250. The first-order valence-corrected chi connectivity index (χ1v) is 5.91. The Kier molecular flexibility index (Phi) is 2.83. The van der Waals surface area contributed by atoms with Crippen LogP contribution in [0.2, 0.25) is 0 Å². The number of rotatable bonds is 2. The molecular formula is C12H13NO2S. The smallest absolute Gasteiger partial charge is 0.214 e. The van der Waals surface area contributed by atoms with Gasteiger partial charge in [-0.25, -0.2) is 0 Å². The highest BCUT2D eigenvalue weighted by molar-refractivity contribution is 7.20. The molecule has 2 rings (SSSR count). The minimum atomic E-state index is -0.138. The minimum absolute atomic E-state index is 0.138. The van der Waals surface area contributed by atoms with Crippen molar-refractivity contribution in [3.05, 3.63) is 34.0 Å². The van der Waals surface area contributed by atoms with Gasteiger partial charge < -0.3 is 10.5 Å². The van der Waals surface area contributed by atoms with Gasteiger partial charge >= 0.3 is 0 Å². The van der Waals surface area contributed by atoms with Crippen molar-refractivity contribution in [3.8, 4) is 5.06 Å². The monoisotopic (exact) mass is 235 g/mol. The summed E-state index contributed by atoms with van der Waals surface area (Å²) in [7, 11) is 0. The standard InChI is InChI=1S/C12H13NO2S/c1-3-15-12-10(13)11(14)8-6-7(2)4-5-9(8)16-12/h4-6H,3,13H2,1-2H3. The molecule has 0 saturated carbocycles. The summed E-state index contributed by atoms with van der Waals surface area (Å²) in [6.45, 7) is 4.34. The summed E-state index contributed by atoms with van der Waals surface area (Å²) < 4.78 is 6.26. The quantitative estimate of drug-likeness (QED) is 0.870. The van der Waals surface area contributed by atoms with Crippen LogP contribution >= 0.6 is 11.3 Å². The van der Waals surface area contributed by atoms with E-state index in [0.29, 0.717) is 17.1 Å². The molecule has 0 radical (unpaired) electrons. The number of nitrogens with two attached hydrogens (primary N) is 1. The van der Waals surface area contributed by atoms with E-state index in [0.717, 1.165) is 10.3 Å². The summed E-state index contributed by atoms with van der Waals surface area (Å²) in [5.41, 5.74) is 6.89. The average molecular weight is 235 g/mol. The van der Waals surface area contributed by atoms with Gasteiger partial charge in [0.25, 0.3) is 0 Å². The van der Waals surface area contributed by atoms with Crippen LogP contribution in [0.1, 0.15) is 12.5 Å². The third kappa shape index (κ3) is 1.76. The highest BCUT2D eigenvalue weighted by Gasteiger charge is 2.10. The number of fused-ring (bicyclic) bond motifs is 1. The van der Waals surface area contributed by atoms with E-state index >= 15 is 0 Å². The van der Waals surface area contributed by atoms with E-state index in [4.69, 9.17) is 10.5 Å². The summed E-state index contributed by atoms with van der Waals surface area (Å²) in [5.74, 6) is 0. The van der Waals surface area contributed by atoms with Gasteiger partial charge in [-0.2, -0.15) is 0 Å². The maximum Gasteiger partial charge on any atom is 0.214 e. The van der Waals surface area contributed by atoms with Crippen LogP contribution in [0.5, 0.6) is 5.06 Å². The Balaban J connectivity index is 2.78. The Morgan fingerprint density at radius 3 is 2.88 bits per heavy atom. The molecular weight excluding hydrogens is 222 g/mol. The van der Waals surface area contributed by atoms with Gasteiger partial charge in [0.2, 0.25) is 10.5 Å². The van der Waals surface area contributed by atoms with Crippen LogP contribution in [-0.4, -0.2) is 6.61 Å². The zero-order valence-corrected chi connectivity index (χ0v) is 10.1. The van der Waals surface area contributed by atoms with E-state index in [-0.39, 0.29) is 11.1 Å². The minimum Gasteiger partial charge on any atom is -0.483 e. The van der Waals surface area contributed by atoms with Gasteiger partial charge in [-0.3, -0.25) is 4.79 Å². The van der Waals surface area contributed by atoms with Crippen molar-refractivity contribution in [1.82, 2.24) is 0 Å². The van der Waals surface area contributed by atoms with Crippen LogP contribution in [0.3, 0.4) is 0 Å². The summed E-state index contributed by atoms with van der Waals surface area (Å²) in [6, 6.07) is 5.77. The van der Waals surface area contributed by atoms with E-state index in [1.54, 1.807) is 0 Å². The fourth-order valence-corrected chi connectivity index (χ4v) is 2.52. The van der Waals surface area contributed by atoms with Crippen molar-refractivity contribution >= 4 is 27.1 Å². The maximum atomic E-state index is 12.0. The Morgan fingerprint density at radius 1 is 1.44 bits per heavy atom. The summed E-state index contributed by atoms with van der Waals surface area (Å²) in [6.07, 6.45) is 0. The highest BCUT2D eigenvalue weighted by atomic mass is 32.1. The number of hydrogen-bond donors (Lipinski definition) is 1. The van der Waals surface area contributed by atoms with Gasteiger partial charge in [-0.1, -0.05) is 23.0 Å². The SMILES string of the molecule is CCOc1sc2ccc(C)cc2c(=O)c1N. The second-order valence-electron chi connectivity index (χ2n) is 3.56. The van der Waals surface area contributed by atoms with Gasteiger partial charge in [0.1, 0.15) is 5.69 Å². The number of benzene rings is 1. The zero-order chi connectivity index (χ0) is 11.7. The van der Waals surface area contributed by atoms with E-state index in [2.05, 4.69) is 0 Å². The summed E-state index contributed by atoms with van der Waals surface area (Å²) >= 11 is 1.41. The lowest BCUT2D eigenvalue weighted by atomic mass is 10.2. The van der Waals surface area contributed by atoms with Gasteiger partial charge in [0.15, 0.2) is 0 Å². The molecule has 0 unspecified atom stereocenters. The molecule has 0 bridgehead atoms. The van der Waals surface area contributed by atoms with Crippen LogP contribution in [0.25, 0.3) is 10.1 Å². The van der Waals surface area contributed by atoms with E-state index < -0.39 is 0 Å². The Morgan fingerprint density at radius 2 is 2.19 bits per heavy atom. The number of nitrogen functional groups attached to an aromatic ring is 1. The first-order chi connectivity index (χ1) is 7.63. The Hall–Kier alpha value is -1.55. The van der Waals surface area contributed by atoms with Crippen molar-refractivity contribution in [2.75, 3.05) is 12.3 Å². The third-order valence-corrected chi connectivity index (χ3v) is 3.42. The molecule has 1 aromatic carbocycles. The van der Waals surface area contributed by atoms with Crippen LogP contribution < -0.4 is 15.9 Å².